The standard InChI is InChI=1S/C14H14N4O2S2/c15-7-10-1-5-21-13(10)17-12(19)9-18-3-4-20-11(8-18)14-16-2-6-22-14/h1-2,5-6,11H,3-4,8-9H2,(H,17,19)/t11-/m1/s1. The molecule has 0 saturated carbocycles. The van der Waals surface area contributed by atoms with Crippen molar-refractivity contribution in [2.45, 2.75) is 6.10 Å². The number of nitrogens with one attached hydrogen (secondary N) is 1. The number of hydrogen-bond acceptors (Lipinski definition) is 7. The number of nitriles is 1. The predicted molar refractivity (Wildman–Crippen MR) is 84.9 cm³/mol. The molecular formula is C14H14N4O2S2. The fourth-order valence-corrected chi connectivity index (χ4v) is 3.68. The van der Waals surface area contributed by atoms with E-state index < -0.39 is 0 Å². The van der Waals surface area contributed by atoms with Crippen molar-refractivity contribution in [3.63, 3.8) is 0 Å². The van der Waals surface area contributed by atoms with Gasteiger partial charge in [-0.05, 0) is 11.4 Å². The van der Waals surface area contributed by atoms with Gasteiger partial charge in [0.25, 0.3) is 0 Å². The highest BCUT2D eigenvalue weighted by Gasteiger charge is 2.25. The molecule has 1 saturated heterocycles. The number of rotatable bonds is 4. The molecule has 8 heteroatoms. The maximum absolute atomic E-state index is 12.1. The van der Waals surface area contributed by atoms with Crippen LogP contribution in [-0.2, 0) is 9.53 Å². The van der Waals surface area contributed by atoms with E-state index in [0.29, 0.717) is 30.3 Å². The number of carbonyl (C=O) groups is 1. The van der Waals surface area contributed by atoms with E-state index in [0.717, 1.165) is 5.01 Å². The van der Waals surface area contributed by atoms with Gasteiger partial charge in [0.15, 0.2) is 0 Å². The molecule has 0 aliphatic carbocycles. The summed E-state index contributed by atoms with van der Waals surface area (Å²) in [4.78, 5) is 18.4. The highest BCUT2D eigenvalue weighted by atomic mass is 32.1. The summed E-state index contributed by atoms with van der Waals surface area (Å²) in [5.41, 5.74) is 0.501. The zero-order valence-corrected chi connectivity index (χ0v) is 13.3. The molecule has 3 heterocycles. The largest absolute Gasteiger partial charge is 0.368 e. The quantitative estimate of drug-likeness (QED) is 0.926. The topological polar surface area (TPSA) is 78.2 Å². The van der Waals surface area contributed by atoms with Crippen LogP contribution >= 0.6 is 22.7 Å². The number of amides is 1. The Balaban J connectivity index is 1.56. The lowest BCUT2D eigenvalue weighted by molar-refractivity contribution is -0.119. The van der Waals surface area contributed by atoms with Crippen molar-refractivity contribution in [1.29, 1.82) is 5.26 Å². The van der Waals surface area contributed by atoms with Gasteiger partial charge in [0.2, 0.25) is 5.91 Å². The third kappa shape index (κ3) is 3.51. The van der Waals surface area contributed by atoms with E-state index in [4.69, 9.17) is 10.00 Å². The molecule has 0 unspecified atom stereocenters. The van der Waals surface area contributed by atoms with E-state index in [9.17, 15) is 4.79 Å². The molecule has 0 radical (unpaired) electrons. The number of anilines is 1. The fraction of sp³-hybridized carbons (Fsp3) is 0.357. The van der Waals surface area contributed by atoms with E-state index in [1.54, 1.807) is 29.0 Å². The molecule has 0 aromatic carbocycles. The van der Waals surface area contributed by atoms with Crippen molar-refractivity contribution in [3.8, 4) is 6.07 Å². The van der Waals surface area contributed by atoms with E-state index in [1.165, 1.54) is 11.3 Å². The van der Waals surface area contributed by atoms with Crippen LogP contribution in [-0.4, -0.2) is 42.0 Å². The maximum Gasteiger partial charge on any atom is 0.239 e. The maximum atomic E-state index is 12.1. The average molecular weight is 334 g/mol. The third-order valence-electron chi connectivity index (χ3n) is 3.28. The van der Waals surface area contributed by atoms with Gasteiger partial charge < -0.3 is 10.1 Å². The molecule has 1 aliphatic heterocycles. The normalized spacial score (nSPS) is 18.8. The number of aromatic nitrogens is 1. The minimum atomic E-state index is -0.112. The molecule has 114 valence electrons. The zero-order valence-electron chi connectivity index (χ0n) is 11.7. The molecule has 0 bridgehead atoms. The van der Waals surface area contributed by atoms with Crippen molar-refractivity contribution in [2.75, 3.05) is 31.6 Å². The number of hydrogen-bond donors (Lipinski definition) is 1. The number of nitrogens with zero attached hydrogens (tertiary/aromatic N) is 3. The number of thiazole rings is 1. The number of carbonyl (C=O) groups excluding carboxylic acids is 1. The minimum Gasteiger partial charge on any atom is -0.368 e. The third-order valence-corrected chi connectivity index (χ3v) is 4.98. The molecule has 3 rings (SSSR count). The number of thiophene rings is 1. The second-order valence-corrected chi connectivity index (χ2v) is 6.63. The van der Waals surface area contributed by atoms with Gasteiger partial charge in [-0.3, -0.25) is 9.69 Å². The van der Waals surface area contributed by atoms with Crippen LogP contribution in [0.25, 0.3) is 0 Å². The fourth-order valence-electron chi connectivity index (χ4n) is 2.25. The summed E-state index contributed by atoms with van der Waals surface area (Å²) in [6.07, 6.45) is 1.69. The zero-order chi connectivity index (χ0) is 15.4. The van der Waals surface area contributed by atoms with Crippen LogP contribution in [0.5, 0.6) is 0 Å². The summed E-state index contributed by atoms with van der Waals surface area (Å²) in [6, 6.07) is 3.77. The number of morpholine rings is 1. The Morgan fingerprint density at radius 3 is 3.23 bits per heavy atom. The molecule has 1 amide bonds. The summed E-state index contributed by atoms with van der Waals surface area (Å²) in [5, 5.41) is 17.0. The molecule has 2 aromatic heterocycles. The van der Waals surface area contributed by atoms with Gasteiger partial charge in [-0.25, -0.2) is 4.98 Å². The van der Waals surface area contributed by atoms with E-state index in [1.807, 2.05) is 10.3 Å². The molecule has 0 spiro atoms. The Bertz CT molecular complexity index is 677. The molecule has 2 aromatic rings. The molecule has 1 N–H and O–H groups in total. The summed E-state index contributed by atoms with van der Waals surface area (Å²) in [5.74, 6) is -0.112. The van der Waals surface area contributed by atoms with Gasteiger partial charge in [-0.15, -0.1) is 22.7 Å². The van der Waals surface area contributed by atoms with Crippen LogP contribution in [0.2, 0.25) is 0 Å². The summed E-state index contributed by atoms with van der Waals surface area (Å²) >= 11 is 2.92. The van der Waals surface area contributed by atoms with Crippen molar-refractivity contribution >= 4 is 33.6 Å². The first kappa shape index (κ1) is 15.1. The number of ether oxygens (including phenoxy) is 1. The van der Waals surface area contributed by atoms with Crippen molar-refractivity contribution in [2.24, 2.45) is 0 Å². The average Bonchev–Trinajstić information content (AvgIpc) is 3.18. The summed E-state index contributed by atoms with van der Waals surface area (Å²) in [6.45, 7) is 2.23. The van der Waals surface area contributed by atoms with Crippen LogP contribution in [0, 0.1) is 11.3 Å². The summed E-state index contributed by atoms with van der Waals surface area (Å²) in [7, 11) is 0. The lowest BCUT2D eigenvalue weighted by atomic mass is 10.2. The first-order valence-corrected chi connectivity index (χ1v) is 8.53. The molecule has 22 heavy (non-hydrogen) atoms. The molecule has 1 atom stereocenters. The van der Waals surface area contributed by atoms with Crippen molar-refractivity contribution in [1.82, 2.24) is 9.88 Å². The highest BCUT2D eigenvalue weighted by molar-refractivity contribution is 7.14. The minimum absolute atomic E-state index is 0.0713. The van der Waals surface area contributed by atoms with Gasteiger partial charge >= 0.3 is 0 Å². The predicted octanol–water partition coefficient (Wildman–Crippen LogP) is 2.09. The molecule has 1 fully saturated rings. The first-order valence-electron chi connectivity index (χ1n) is 6.77. The van der Waals surface area contributed by atoms with Gasteiger partial charge in [-0.1, -0.05) is 0 Å². The highest BCUT2D eigenvalue weighted by Crippen LogP contribution is 2.24. The van der Waals surface area contributed by atoms with Gasteiger partial charge in [0.05, 0.1) is 18.7 Å². The summed E-state index contributed by atoms with van der Waals surface area (Å²) < 4.78 is 5.71. The van der Waals surface area contributed by atoms with Gasteiger partial charge in [0, 0.05) is 24.7 Å². The molecule has 6 nitrogen and oxygen atoms in total. The van der Waals surface area contributed by atoms with Crippen LogP contribution in [0.4, 0.5) is 5.00 Å². The van der Waals surface area contributed by atoms with E-state index in [-0.39, 0.29) is 18.6 Å². The first-order chi connectivity index (χ1) is 10.8. The lowest BCUT2D eigenvalue weighted by Crippen LogP contribution is -2.42. The molecule has 1 aliphatic rings. The van der Waals surface area contributed by atoms with Gasteiger partial charge in [-0.2, -0.15) is 5.26 Å². The monoisotopic (exact) mass is 334 g/mol. The smallest absolute Gasteiger partial charge is 0.239 e. The second kappa shape index (κ2) is 6.98. The SMILES string of the molecule is N#Cc1ccsc1NC(=O)CN1CCO[C@@H](c2nccs2)C1. The lowest BCUT2D eigenvalue weighted by Gasteiger charge is -2.31. The van der Waals surface area contributed by atoms with Crippen molar-refractivity contribution in [3.05, 3.63) is 33.6 Å². The second-order valence-electron chi connectivity index (χ2n) is 4.79. The van der Waals surface area contributed by atoms with Crippen molar-refractivity contribution < 1.29 is 9.53 Å². The molecular weight excluding hydrogens is 320 g/mol. The Morgan fingerprint density at radius 2 is 2.45 bits per heavy atom. The Morgan fingerprint density at radius 1 is 1.55 bits per heavy atom. The van der Waals surface area contributed by atoms with E-state index in [2.05, 4.69) is 16.4 Å². The van der Waals surface area contributed by atoms with Crippen LogP contribution in [0.1, 0.15) is 16.7 Å². The van der Waals surface area contributed by atoms with Crippen LogP contribution in [0.3, 0.4) is 0 Å². The van der Waals surface area contributed by atoms with Crippen LogP contribution < -0.4 is 5.32 Å². The Labute approximate surface area is 136 Å². The van der Waals surface area contributed by atoms with Gasteiger partial charge in [0.1, 0.15) is 22.2 Å². The Hall–Kier alpha value is -1.79. The Kier molecular flexibility index (Phi) is 4.80. The van der Waals surface area contributed by atoms with Crippen LogP contribution in [0.15, 0.2) is 23.0 Å². The van der Waals surface area contributed by atoms with E-state index >= 15 is 0 Å².